The van der Waals surface area contributed by atoms with Crippen molar-refractivity contribution in [1.29, 1.82) is 0 Å². The summed E-state index contributed by atoms with van der Waals surface area (Å²) >= 11 is 1.84. The monoisotopic (exact) mass is 733 g/mol. The van der Waals surface area contributed by atoms with Crippen molar-refractivity contribution in [3.63, 3.8) is 0 Å². The van der Waals surface area contributed by atoms with Gasteiger partial charge in [-0.3, -0.25) is 0 Å². The van der Waals surface area contributed by atoms with Gasteiger partial charge in [-0.1, -0.05) is 158 Å². The van der Waals surface area contributed by atoms with Crippen molar-refractivity contribution in [3.8, 4) is 67.5 Å². The first-order chi connectivity index (χ1) is 27.7. The molecule has 0 bridgehead atoms. The maximum atomic E-state index is 6.85. The topological polar surface area (TPSA) is 51.8 Å². The van der Waals surface area contributed by atoms with Crippen LogP contribution in [0.5, 0.6) is 0 Å². The molecular weight excluding hydrogens is 703 g/mol. The van der Waals surface area contributed by atoms with Crippen LogP contribution in [-0.2, 0) is 0 Å². The lowest BCUT2D eigenvalue weighted by Gasteiger charge is -2.11. The highest BCUT2D eigenvalue weighted by atomic mass is 32.1. The van der Waals surface area contributed by atoms with Crippen LogP contribution in [0.15, 0.2) is 192 Å². The van der Waals surface area contributed by atoms with Gasteiger partial charge in [-0.15, -0.1) is 11.3 Å². The van der Waals surface area contributed by atoms with E-state index in [0.717, 1.165) is 55.3 Å². The molecule has 0 fully saturated rings. The maximum Gasteiger partial charge on any atom is 0.167 e. The molecule has 5 heteroatoms. The fourth-order valence-electron chi connectivity index (χ4n) is 7.90. The van der Waals surface area contributed by atoms with Gasteiger partial charge in [0.15, 0.2) is 17.5 Å². The zero-order chi connectivity index (χ0) is 37.0. The number of nitrogens with zero attached hydrogens (tertiary/aromatic N) is 3. The smallest absolute Gasteiger partial charge is 0.167 e. The van der Waals surface area contributed by atoms with Crippen LogP contribution in [0.25, 0.3) is 110 Å². The van der Waals surface area contributed by atoms with Crippen LogP contribution >= 0.6 is 11.3 Å². The van der Waals surface area contributed by atoms with Gasteiger partial charge in [-0.05, 0) is 63.7 Å². The largest absolute Gasteiger partial charge is 0.455 e. The number of rotatable bonds is 6. The van der Waals surface area contributed by atoms with Gasteiger partial charge in [0.1, 0.15) is 11.2 Å². The normalized spacial score (nSPS) is 11.6. The SMILES string of the molecule is c1ccc(-c2ccc(-c3nc(-c4ccccc4)nc(-c4cccc5c4oc4cccc(-c6cc(-c7ccccc7)cc7sc8ccccc8c67)c45)n3)cc2)cc1. The van der Waals surface area contributed by atoms with Crippen molar-refractivity contribution < 1.29 is 4.42 Å². The Kier molecular flexibility index (Phi) is 7.64. The molecule has 0 unspecified atom stereocenters. The van der Waals surface area contributed by atoms with Crippen LogP contribution in [0.3, 0.4) is 0 Å². The van der Waals surface area contributed by atoms with E-state index in [0.29, 0.717) is 17.5 Å². The Morgan fingerprint density at radius 3 is 1.61 bits per heavy atom. The molecule has 0 atom stereocenters. The maximum absolute atomic E-state index is 6.85. The molecule has 0 aliphatic rings. The minimum absolute atomic E-state index is 0.560. The third kappa shape index (κ3) is 5.48. The summed E-state index contributed by atoms with van der Waals surface area (Å²) in [6.45, 7) is 0. The standard InChI is InChI=1S/C51H31N3OS/c1-4-14-32(15-5-1)34-26-28-36(29-27-34)50-52-49(35-18-8-3-9-19-35)53-51(54-50)41-23-12-22-40-46-38(21-13-24-43(46)55-48(40)41)42-30-37(33-16-6-2-7-17-33)31-45-47(42)39-20-10-11-25-44(39)56-45/h1-31H. The number of benzene rings is 8. The molecule has 0 saturated heterocycles. The summed E-state index contributed by atoms with van der Waals surface area (Å²) in [5.41, 5.74) is 11.2. The van der Waals surface area contributed by atoms with E-state index >= 15 is 0 Å². The van der Waals surface area contributed by atoms with Crippen LogP contribution in [-0.4, -0.2) is 15.0 Å². The molecule has 0 radical (unpaired) electrons. The van der Waals surface area contributed by atoms with E-state index in [9.17, 15) is 0 Å². The second kappa shape index (κ2) is 13.3. The summed E-state index contributed by atoms with van der Waals surface area (Å²) in [4.78, 5) is 15.2. The van der Waals surface area contributed by atoms with Crippen LogP contribution in [0.1, 0.15) is 0 Å². The van der Waals surface area contributed by atoms with Crippen LogP contribution in [0.2, 0.25) is 0 Å². The first-order valence-corrected chi connectivity index (χ1v) is 19.5. The van der Waals surface area contributed by atoms with Crippen molar-refractivity contribution in [2.24, 2.45) is 0 Å². The Labute approximate surface area is 327 Å². The zero-order valence-electron chi connectivity index (χ0n) is 30.1. The fourth-order valence-corrected chi connectivity index (χ4v) is 9.07. The number of thiophene rings is 1. The van der Waals surface area contributed by atoms with Gasteiger partial charge >= 0.3 is 0 Å². The molecule has 11 aromatic rings. The van der Waals surface area contributed by atoms with Crippen LogP contribution in [0.4, 0.5) is 0 Å². The number of aromatic nitrogens is 3. The van der Waals surface area contributed by atoms with Crippen molar-refractivity contribution in [2.75, 3.05) is 0 Å². The Bertz CT molecular complexity index is 3230. The summed E-state index contributed by atoms with van der Waals surface area (Å²) in [6, 6.07) is 65.6. The van der Waals surface area contributed by atoms with Crippen molar-refractivity contribution in [1.82, 2.24) is 15.0 Å². The average Bonchev–Trinajstić information content (AvgIpc) is 3.86. The van der Waals surface area contributed by atoms with Gasteiger partial charge in [-0.2, -0.15) is 0 Å². The lowest BCUT2D eigenvalue weighted by molar-refractivity contribution is 0.669. The molecule has 8 aromatic carbocycles. The summed E-state index contributed by atoms with van der Waals surface area (Å²) < 4.78 is 9.39. The van der Waals surface area contributed by atoms with Gasteiger partial charge in [0, 0.05) is 42.1 Å². The molecule has 3 heterocycles. The molecule has 262 valence electrons. The summed E-state index contributed by atoms with van der Waals surface area (Å²) in [5.74, 6) is 1.77. The quantitative estimate of drug-likeness (QED) is 0.171. The highest BCUT2D eigenvalue weighted by Gasteiger charge is 2.22. The van der Waals surface area contributed by atoms with Gasteiger partial charge in [0.25, 0.3) is 0 Å². The highest BCUT2D eigenvalue weighted by Crippen LogP contribution is 2.47. The van der Waals surface area contributed by atoms with Crippen molar-refractivity contribution in [3.05, 3.63) is 188 Å². The Balaban J connectivity index is 1.12. The average molecular weight is 734 g/mol. The van der Waals surface area contributed by atoms with Gasteiger partial charge < -0.3 is 4.42 Å². The molecule has 3 aromatic heterocycles. The second-order valence-electron chi connectivity index (χ2n) is 13.9. The number of para-hydroxylation sites is 1. The van der Waals surface area contributed by atoms with E-state index < -0.39 is 0 Å². The van der Waals surface area contributed by atoms with Gasteiger partial charge in [0.05, 0.1) is 5.56 Å². The third-order valence-electron chi connectivity index (χ3n) is 10.6. The first kappa shape index (κ1) is 32.2. The molecule has 0 N–H and O–H groups in total. The lowest BCUT2D eigenvalue weighted by atomic mass is 9.92. The minimum atomic E-state index is 0.560. The van der Waals surface area contributed by atoms with E-state index in [-0.39, 0.29) is 0 Å². The summed E-state index contributed by atoms with van der Waals surface area (Å²) in [7, 11) is 0. The van der Waals surface area contributed by atoms with Crippen molar-refractivity contribution in [2.45, 2.75) is 0 Å². The van der Waals surface area contributed by atoms with E-state index in [1.807, 2.05) is 47.7 Å². The van der Waals surface area contributed by atoms with Crippen molar-refractivity contribution >= 4 is 53.4 Å². The molecule has 0 saturated carbocycles. The number of hydrogen-bond acceptors (Lipinski definition) is 5. The molecule has 0 spiro atoms. The third-order valence-corrected chi connectivity index (χ3v) is 11.7. The van der Waals surface area contributed by atoms with E-state index in [1.54, 1.807) is 0 Å². The van der Waals surface area contributed by atoms with E-state index in [2.05, 4.69) is 152 Å². The molecular formula is C51H31N3OS. The highest BCUT2D eigenvalue weighted by molar-refractivity contribution is 7.26. The molecule has 0 aliphatic carbocycles. The predicted octanol–water partition coefficient (Wildman–Crippen LogP) is 14.1. The van der Waals surface area contributed by atoms with Crippen LogP contribution < -0.4 is 0 Å². The lowest BCUT2D eigenvalue weighted by Crippen LogP contribution is -2.00. The molecule has 0 aliphatic heterocycles. The predicted molar refractivity (Wildman–Crippen MR) is 233 cm³/mol. The molecule has 4 nitrogen and oxygen atoms in total. The minimum Gasteiger partial charge on any atom is -0.455 e. The molecule has 11 rings (SSSR count). The van der Waals surface area contributed by atoms with Gasteiger partial charge in [0.2, 0.25) is 0 Å². The zero-order valence-corrected chi connectivity index (χ0v) is 30.9. The van der Waals surface area contributed by atoms with E-state index in [1.165, 1.54) is 36.9 Å². The second-order valence-corrected chi connectivity index (χ2v) is 15.0. The molecule has 0 amide bonds. The Morgan fingerprint density at radius 1 is 0.339 bits per heavy atom. The number of fused-ring (bicyclic) bond motifs is 6. The van der Waals surface area contributed by atoms with E-state index in [4.69, 9.17) is 19.4 Å². The molecule has 56 heavy (non-hydrogen) atoms. The van der Waals surface area contributed by atoms with Gasteiger partial charge in [-0.25, -0.2) is 15.0 Å². The van der Waals surface area contributed by atoms with Crippen LogP contribution in [0, 0.1) is 0 Å². The fraction of sp³-hybridized carbons (Fsp3) is 0. The summed E-state index contributed by atoms with van der Waals surface area (Å²) in [5, 5.41) is 4.60. The first-order valence-electron chi connectivity index (χ1n) is 18.7. The Morgan fingerprint density at radius 2 is 0.875 bits per heavy atom. The summed E-state index contributed by atoms with van der Waals surface area (Å²) in [6.07, 6.45) is 0. The number of furan rings is 1. The number of hydrogen-bond donors (Lipinski definition) is 0. The Hall–Kier alpha value is -7.21.